The van der Waals surface area contributed by atoms with Gasteiger partial charge in [-0.3, -0.25) is 0 Å². The summed E-state index contributed by atoms with van der Waals surface area (Å²) in [4.78, 5) is 0. The molecule has 2 heteroatoms. The van der Waals surface area contributed by atoms with Gasteiger partial charge >= 0.3 is 0 Å². The van der Waals surface area contributed by atoms with Crippen LogP contribution in [0.3, 0.4) is 0 Å². The van der Waals surface area contributed by atoms with Gasteiger partial charge in [0.1, 0.15) is 0 Å². The van der Waals surface area contributed by atoms with Crippen molar-refractivity contribution in [1.29, 1.82) is 0 Å². The molecular formula is C32H48O2. The smallest absolute Gasteiger partial charge is 0.0731 e. The topological polar surface area (TPSA) is 40.5 Å². The number of hydrogen-bond acceptors (Lipinski definition) is 2. The Morgan fingerprint density at radius 1 is 1.00 bits per heavy atom. The van der Waals surface area contributed by atoms with Crippen LogP contribution in [0.5, 0.6) is 0 Å². The van der Waals surface area contributed by atoms with Gasteiger partial charge in [0.2, 0.25) is 0 Å². The van der Waals surface area contributed by atoms with E-state index in [1.807, 2.05) is 0 Å². The quantitative estimate of drug-likeness (QED) is 0.413. The lowest BCUT2D eigenvalue weighted by molar-refractivity contribution is -0.193. The maximum absolute atomic E-state index is 11.2. The van der Waals surface area contributed by atoms with Crippen molar-refractivity contribution in [2.24, 2.45) is 50.2 Å². The monoisotopic (exact) mass is 464 g/mol. The fourth-order valence-corrected chi connectivity index (χ4v) is 10.2. The summed E-state index contributed by atoms with van der Waals surface area (Å²) < 4.78 is 0. The van der Waals surface area contributed by atoms with Gasteiger partial charge in [0.05, 0.1) is 6.10 Å². The maximum Gasteiger partial charge on any atom is 0.0731 e. The van der Waals surface area contributed by atoms with Crippen molar-refractivity contribution >= 4 is 0 Å². The van der Waals surface area contributed by atoms with Crippen LogP contribution in [0.2, 0.25) is 0 Å². The number of rotatable bonds is 1. The number of terminal acetylenes is 1. The first-order valence-corrected chi connectivity index (χ1v) is 13.9. The highest BCUT2D eigenvalue weighted by atomic mass is 16.3. The number of allylic oxidation sites excluding steroid dienone is 4. The first-order valence-electron chi connectivity index (χ1n) is 13.9. The third-order valence-corrected chi connectivity index (χ3v) is 12.9. The summed E-state index contributed by atoms with van der Waals surface area (Å²) in [6.45, 7) is 17.2. The van der Waals surface area contributed by atoms with Gasteiger partial charge < -0.3 is 10.2 Å². The molecule has 0 heterocycles. The Balaban J connectivity index is 1.65. The molecule has 0 unspecified atom stereocenters. The van der Waals surface area contributed by atoms with Gasteiger partial charge in [0.25, 0.3) is 0 Å². The second-order valence-corrected chi connectivity index (χ2v) is 15.0. The Kier molecular flexibility index (Phi) is 5.26. The number of fused-ring (bicyclic) bond motifs is 6. The van der Waals surface area contributed by atoms with Crippen molar-refractivity contribution in [2.75, 3.05) is 6.61 Å². The van der Waals surface area contributed by atoms with Crippen LogP contribution < -0.4 is 0 Å². The molecule has 5 aliphatic rings. The van der Waals surface area contributed by atoms with Gasteiger partial charge in [-0.15, -0.1) is 12.3 Å². The lowest BCUT2D eigenvalue weighted by Crippen LogP contribution is -2.64. The highest BCUT2D eigenvalue weighted by molar-refractivity contribution is 5.45. The number of hydrogen-bond donors (Lipinski definition) is 2. The molecule has 3 saturated carbocycles. The summed E-state index contributed by atoms with van der Waals surface area (Å²) in [7, 11) is 0. The van der Waals surface area contributed by atoms with E-state index >= 15 is 0 Å². The lowest BCUT2D eigenvalue weighted by atomic mass is 9.34. The highest BCUT2D eigenvalue weighted by Gasteiger charge is 2.67. The summed E-state index contributed by atoms with van der Waals surface area (Å²) in [6.07, 6.45) is 19.9. The lowest BCUT2D eigenvalue weighted by Gasteiger charge is -2.70. The molecule has 2 nitrogen and oxygen atoms in total. The van der Waals surface area contributed by atoms with E-state index in [1.165, 1.54) is 32.1 Å². The van der Waals surface area contributed by atoms with Gasteiger partial charge in [-0.2, -0.15) is 0 Å². The van der Waals surface area contributed by atoms with Crippen LogP contribution in [-0.2, 0) is 0 Å². The minimum Gasteiger partial charge on any atom is -0.396 e. The fourth-order valence-electron chi connectivity index (χ4n) is 10.2. The van der Waals surface area contributed by atoms with E-state index in [4.69, 9.17) is 6.42 Å². The van der Waals surface area contributed by atoms with Crippen LogP contribution in [0, 0.1) is 62.6 Å². The van der Waals surface area contributed by atoms with Crippen LogP contribution in [0.15, 0.2) is 23.3 Å². The molecule has 0 radical (unpaired) electrons. The van der Waals surface area contributed by atoms with Crippen molar-refractivity contribution < 1.29 is 10.2 Å². The summed E-state index contributed by atoms with van der Waals surface area (Å²) in [6, 6.07) is 0. The van der Waals surface area contributed by atoms with E-state index in [0.717, 1.165) is 19.3 Å². The molecule has 5 aliphatic carbocycles. The predicted octanol–water partition coefficient (Wildman–Crippen LogP) is 6.92. The van der Waals surface area contributed by atoms with Gasteiger partial charge in [-0.1, -0.05) is 66.2 Å². The average molecular weight is 465 g/mol. The van der Waals surface area contributed by atoms with E-state index in [0.29, 0.717) is 11.8 Å². The van der Waals surface area contributed by atoms with Gasteiger partial charge in [0.15, 0.2) is 0 Å². The average Bonchev–Trinajstić information content (AvgIpc) is 2.78. The van der Waals surface area contributed by atoms with E-state index < -0.39 is 6.10 Å². The van der Waals surface area contributed by atoms with E-state index in [-0.39, 0.29) is 45.0 Å². The van der Waals surface area contributed by atoms with Crippen molar-refractivity contribution in [3.63, 3.8) is 0 Å². The molecule has 0 aromatic rings. The molecule has 0 aromatic carbocycles. The molecule has 0 spiro atoms. The first-order chi connectivity index (χ1) is 15.7. The maximum atomic E-state index is 11.2. The van der Waals surface area contributed by atoms with Crippen LogP contribution in [0.25, 0.3) is 0 Å². The minimum atomic E-state index is -0.422. The summed E-state index contributed by atoms with van der Waals surface area (Å²) >= 11 is 0. The van der Waals surface area contributed by atoms with E-state index in [1.54, 1.807) is 11.1 Å². The zero-order valence-corrected chi connectivity index (χ0v) is 22.8. The Hall–Kier alpha value is -1.04. The Bertz CT molecular complexity index is 981. The zero-order chi connectivity index (χ0) is 24.9. The molecule has 0 amide bonds. The molecule has 34 heavy (non-hydrogen) atoms. The standard InChI is InChI=1S/C32H48O2/c1-9-21-18-30(6)24(27(2,3)26(21)34)12-13-32(8)25(30)11-10-22-23-19-28(4,20-33)14-15-29(23,5)16-17-31(22,32)7/h1,10-11,21,24-26,33-34H,12-20H2,2-8H3/t21-,24-,25+,26+,28+,29-,30+,31-,32+/m0/s1. The predicted molar refractivity (Wildman–Crippen MR) is 140 cm³/mol. The summed E-state index contributed by atoms with van der Waals surface area (Å²) in [5.41, 5.74) is 3.79. The molecule has 3 fully saturated rings. The normalized spacial score (nSPS) is 53.8. The van der Waals surface area contributed by atoms with Crippen LogP contribution in [0.4, 0.5) is 0 Å². The van der Waals surface area contributed by atoms with Crippen molar-refractivity contribution in [2.45, 2.75) is 106 Å². The van der Waals surface area contributed by atoms with Crippen LogP contribution >= 0.6 is 0 Å². The third-order valence-electron chi connectivity index (χ3n) is 12.9. The molecule has 0 aliphatic heterocycles. The molecule has 0 aromatic heterocycles. The molecule has 5 rings (SSSR count). The van der Waals surface area contributed by atoms with Crippen LogP contribution in [0.1, 0.15) is 99.8 Å². The SMILES string of the molecule is C#C[C@H]1C[C@@]2(C)[C@H]3C=CC4=C5C[C@](C)(CO)CC[C@@]5(C)CC[C@]4(C)[C@]3(C)CC[C@H]2C(C)(C)[C@@H]1O. The summed E-state index contributed by atoms with van der Waals surface area (Å²) in [5, 5.41) is 21.4. The molecule has 0 saturated heterocycles. The Morgan fingerprint density at radius 3 is 2.32 bits per heavy atom. The molecular weight excluding hydrogens is 416 g/mol. The summed E-state index contributed by atoms with van der Waals surface area (Å²) in [5.74, 6) is 3.86. The second kappa shape index (κ2) is 7.26. The van der Waals surface area contributed by atoms with Crippen molar-refractivity contribution in [1.82, 2.24) is 0 Å². The fraction of sp³-hybridized carbons (Fsp3) is 0.812. The van der Waals surface area contributed by atoms with Gasteiger partial charge in [-0.25, -0.2) is 0 Å². The van der Waals surface area contributed by atoms with Gasteiger partial charge in [-0.05, 0) is 101 Å². The minimum absolute atomic E-state index is 0.0128. The van der Waals surface area contributed by atoms with E-state index in [2.05, 4.69) is 66.5 Å². The molecule has 2 N–H and O–H groups in total. The number of aliphatic hydroxyl groups excluding tert-OH is 2. The second-order valence-electron chi connectivity index (χ2n) is 15.0. The van der Waals surface area contributed by atoms with Crippen molar-refractivity contribution in [3.05, 3.63) is 23.3 Å². The zero-order valence-electron chi connectivity index (χ0n) is 22.8. The molecule has 0 bridgehead atoms. The number of aliphatic hydroxyl groups is 2. The van der Waals surface area contributed by atoms with Crippen LogP contribution in [-0.4, -0.2) is 22.9 Å². The highest BCUT2D eigenvalue weighted by Crippen LogP contribution is 2.74. The third kappa shape index (κ3) is 2.90. The van der Waals surface area contributed by atoms with E-state index in [9.17, 15) is 10.2 Å². The molecule has 188 valence electrons. The van der Waals surface area contributed by atoms with Gasteiger partial charge in [0, 0.05) is 12.5 Å². The first kappa shape index (κ1) is 24.6. The Morgan fingerprint density at radius 2 is 1.68 bits per heavy atom. The largest absolute Gasteiger partial charge is 0.396 e. The van der Waals surface area contributed by atoms with Crippen molar-refractivity contribution in [3.8, 4) is 12.3 Å². The Labute approximate surface area is 208 Å². The molecule has 9 atom stereocenters.